The maximum atomic E-state index is 12.9. The number of pyridine rings is 1. The Morgan fingerprint density at radius 1 is 1.27 bits per heavy atom. The highest BCUT2D eigenvalue weighted by molar-refractivity contribution is 8.13. The first-order chi connectivity index (χ1) is 6.75. The van der Waals surface area contributed by atoms with Crippen LogP contribution in [0.2, 0.25) is 0 Å². The van der Waals surface area contributed by atoms with Gasteiger partial charge in [0.05, 0.1) is 6.20 Å². The van der Waals surface area contributed by atoms with Crippen LogP contribution in [-0.4, -0.2) is 13.4 Å². The Morgan fingerprint density at radius 2 is 1.80 bits per heavy atom. The number of nitrogens with zero attached hydrogens (tertiary/aromatic N) is 1. The molecule has 0 N–H and O–H groups in total. The third-order valence-electron chi connectivity index (χ3n) is 1.42. The highest BCUT2D eigenvalue weighted by atomic mass is 35.7. The molecule has 1 aromatic rings. The van der Waals surface area contributed by atoms with Crippen molar-refractivity contribution in [3.05, 3.63) is 23.5 Å². The molecule has 1 rings (SSSR count). The fraction of sp³-hybridized carbons (Fsp3) is 0.167. The van der Waals surface area contributed by atoms with Crippen molar-refractivity contribution in [3.8, 4) is 0 Å². The van der Waals surface area contributed by atoms with Crippen LogP contribution in [0.15, 0.2) is 11.1 Å². The zero-order valence-corrected chi connectivity index (χ0v) is 8.29. The first kappa shape index (κ1) is 12.2. The first-order valence-electron chi connectivity index (χ1n) is 3.32. The minimum Gasteiger partial charge on any atom is -0.251 e. The number of aromatic nitrogens is 1. The van der Waals surface area contributed by atoms with Crippen LogP contribution >= 0.6 is 10.7 Å². The summed E-state index contributed by atoms with van der Waals surface area (Å²) in [5.41, 5.74) is -1.46. The van der Waals surface area contributed by atoms with Crippen LogP contribution in [0.5, 0.6) is 0 Å². The van der Waals surface area contributed by atoms with Gasteiger partial charge < -0.3 is 0 Å². The Bertz CT molecular complexity index is 490. The Morgan fingerprint density at radius 3 is 2.20 bits per heavy atom. The summed E-state index contributed by atoms with van der Waals surface area (Å²) in [4.78, 5) is 1.50. The molecule has 0 atom stereocenters. The summed E-state index contributed by atoms with van der Waals surface area (Å²) in [7, 11) is 0.157. The molecule has 0 bridgehead atoms. The molecule has 0 amide bonds. The van der Waals surface area contributed by atoms with Crippen molar-refractivity contribution < 1.29 is 26.0 Å². The second kappa shape index (κ2) is 3.93. The fourth-order valence-corrected chi connectivity index (χ4v) is 1.59. The van der Waals surface area contributed by atoms with Crippen molar-refractivity contribution >= 4 is 19.7 Å². The van der Waals surface area contributed by atoms with E-state index in [1.54, 1.807) is 0 Å². The lowest BCUT2D eigenvalue weighted by Gasteiger charge is -2.03. The van der Waals surface area contributed by atoms with Crippen LogP contribution < -0.4 is 0 Å². The summed E-state index contributed by atoms with van der Waals surface area (Å²) in [6.07, 6.45) is -3.10. The average molecular weight is 264 g/mol. The molecule has 0 radical (unpaired) electrons. The Labute approximate surface area is 86.1 Å². The van der Waals surface area contributed by atoms with Gasteiger partial charge in [-0.25, -0.2) is 26.0 Å². The maximum Gasteiger partial charge on any atom is 0.283 e. The fourth-order valence-electron chi connectivity index (χ4n) is 0.784. The van der Waals surface area contributed by atoms with E-state index in [4.69, 9.17) is 10.7 Å². The molecule has 0 unspecified atom stereocenters. The van der Waals surface area contributed by atoms with Crippen molar-refractivity contribution in [2.75, 3.05) is 0 Å². The van der Waals surface area contributed by atoms with E-state index in [2.05, 4.69) is 4.98 Å². The van der Waals surface area contributed by atoms with Crippen LogP contribution in [0.1, 0.15) is 12.1 Å². The number of hydrogen-bond donors (Lipinski definition) is 0. The number of rotatable bonds is 2. The highest BCUT2D eigenvalue weighted by Crippen LogP contribution is 2.26. The van der Waals surface area contributed by atoms with Crippen molar-refractivity contribution in [2.45, 2.75) is 11.3 Å². The normalized spacial score (nSPS) is 12.1. The van der Waals surface area contributed by atoms with E-state index in [-0.39, 0.29) is 6.20 Å². The number of hydrogen-bond acceptors (Lipinski definition) is 3. The van der Waals surface area contributed by atoms with Gasteiger partial charge in [0, 0.05) is 10.7 Å². The minimum atomic E-state index is -4.55. The highest BCUT2D eigenvalue weighted by Gasteiger charge is 2.26. The summed E-state index contributed by atoms with van der Waals surface area (Å²) in [5, 5.41) is 0. The molecule has 0 spiro atoms. The average Bonchev–Trinajstić information content (AvgIpc) is 2.06. The molecule has 0 aliphatic rings. The predicted molar refractivity (Wildman–Crippen MR) is 42.1 cm³/mol. The van der Waals surface area contributed by atoms with Crippen LogP contribution in [-0.2, 0) is 9.05 Å². The molecule has 0 saturated heterocycles. The summed E-state index contributed by atoms with van der Waals surface area (Å²) in [6.45, 7) is 0. The molecule has 84 valence electrons. The topological polar surface area (TPSA) is 47.0 Å². The molecule has 15 heavy (non-hydrogen) atoms. The van der Waals surface area contributed by atoms with E-state index in [0.29, 0.717) is 0 Å². The summed E-state index contributed by atoms with van der Waals surface area (Å²) < 4.78 is 70.9. The number of alkyl halides is 2. The molecular weight excluding hydrogens is 262 g/mol. The van der Waals surface area contributed by atoms with Crippen LogP contribution in [0.3, 0.4) is 0 Å². The van der Waals surface area contributed by atoms with E-state index in [9.17, 15) is 26.0 Å². The summed E-state index contributed by atoms with van der Waals surface area (Å²) >= 11 is 0. The Kier molecular flexibility index (Phi) is 3.19. The molecule has 1 aromatic heterocycles. The first-order valence-corrected chi connectivity index (χ1v) is 5.62. The van der Waals surface area contributed by atoms with Gasteiger partial charge in [0.25, 0.3) is 15.5 Å². The monoisotopic (exact) mass is 263 g/mol. The molecule has 9 heteroatoms. The third kappa shape index (κ3) is 2.37. The van der Waals surface area contributed by atoms with Gasteiger partial charge in [-0.05, 0) is 0 Å². The SMILES string of the molecule is O=S(=O)(Cl)c1cnc(C(F)F)c(F)c1F. The lowest BCUT2D eigenvalue weighted by molar-refractivity contribution is 0.138. The molecule has 0 aliphatic carbocycles. The van der Waals surface area contributed by atoms with Crippen molar-refractivity contribution in [3.63, 3.8) is 0 Å². The van der Waals surface area contributed by atoms with E-state index in [1.165, 1.54) is 0 Å². The number of halogens is 5. The van der Waals surface area contributed by atoms with Crippen molar-refractivity contribution in [1.82, 2.24) is 4.98 Å². The lowest BCUT2D eigenvalue weighted by atomic mass is 10.3. The van der Waals surface area contributed by atoms with Gasteiger partial charge >= 0.3 is 0 Å². The molecule has 0 fully saturated rings. The van der Waals surface area contributed by atoms with Gasteiger partial charge in [0.15, 0.2) is 11.6 Å². The van der Waals surface area contributed by atoms with Crippen molar-refractivity contribution in [2.24, 2.45) is 0 Å². The molecular formula is C6H2ClF4NO2S. The van der Waals surface area contributed by atoms with Gasteiger partial charge in [0.1, 0.15) is 10.6 Å². The second-order valence-electron chi connectivity index (χ2n) is 2.37. The maximum absolute atomic E-state index is 12.9. The Balaban J connectivity index is 3.48. The zero-order valence-electron chi connectivity index (χ0n) is 6.72. The van der Waals surface area contributed by atoms with E-state index >= 15 is 0 Å². The quantitative estimate of drug-likeness (QED) is 0.607. The smallest absolute Gasteiger partial charge is 0.251 e. The van der Waals surface area contributed by atoms with Gasteiger partial charge in [-0.3, -0.25) is 4.98 Å². The zero-order chi connectivity index (χ0) is 11.8. The molecule has 0 aromatic carbocycles. The van der Waals surface area contributed by atoms with Crippen LogP contribution in [0.25, 0.3) is 0 Å². The minimum absolute atomic E-state index is 0.238. The predicted octanol–water partition coefficient (Wildman–Crippen LogP) is 2.22. The standard InChI is InChI=1S/C6H2ClF4NO2S/c7-15(13,14)2-1-12-5(6(10)11)4(9)3(2)8/h1,6H. The third-order valence-corrected chi connectivity index (χ3v) is 2.73. The Hall–Kier alpha value is -0.890. The van der Waals surface area contributed by atoms with Gasteiger partial charge in [-0.15, -0.1) is 0 Å². The molecule has 0 aliphatic heterocycles. The van der Waals surface area contributed by atoms with E-state index < -0.39 is 37.7 Å². The van der Waals surface area contributed by atoms with Crippen LogP contribution in [0.4, 0.5) is 17.6 Å². The molecule has 3 nitrogen and oxygen atoms in total. The van der Waals surface area contributed by atoms with Crippen LogP contribution in [0, 0.1) is 11.6 Å². The summed E-state index contributed by atoms with van der Waals surface area (Å²) in [5.74, 6) is -3.98. The van der Waals surface area contributed by atoms with E-state index in [1.807, 2.05) is 0 Å². The van der Waals surface area contributed by atoms with Gasteiger partial charge in [0.2, 0.25) is 0 Å². The largest absolute Gasteiger partial charge is 0.283 e. The molecule has 0 saturated carbocycles. The lowest BCUT2D eigenvalue weighted by Crippen LogP contribution is -2.05. The van der Waals surface area contributed by atoms with E-state index in [0.717, 1.165) is 0 Å². The van der Waals surface area contributed by atoms with Gasteiger partial charge in [-0.2, -0.15) is 0 Å². The summed E-state index contributed by atoms with van der Waals surface area (Å²) in [6, 6.07) is 0. The van der Waals surface area contributed by atoms with Gasteiger partial charge in [-0.1, -0.05) is 0 Å². The molecule has 1 heterocycles. The van der Waals surface area contributed by atoms with Crippen molar-refractivity contribution in [1.29, 1.82) is 0 Å². The second-order valence-corrected chi connectivity index (χ2v) is 4.91.